The summed E-state index contributed by atoms with van der Waals surface area (Å²) in [5.74, 6) is 0.718. The van der Waals surface area contributed by atoms with Crippen LogP contribution in [0.25, 0.3) is 0 Å². The van der Waals surface area contributed by atoms with E-state index in [1.54, 1.807) is 14.2 Å². The minimum absolute atomic E-state index is 0.0825. The smallest absolute Gasteiger partial charge is 0.169 e. The van der Waals surface area contributed by atoms with E-state index >= 15 is 0 Å². The van der Waals surface area contributed by atoms with E-state index < -0.39 is 0 Å². The van der Waals surface area contributed by atoms with E-state index in [4.69, 9.17) is 9.47 Å². The van der Waals surface area contributed by atoms with Crippen LogP contribution < -0.4 is 4.74 Å². The highest BCUT2D eigenvalue weighted by atomic mass is 79.9. The van der Waals surface area contributed by atoms with Crippen LogP contribution in [0, 0.1) is 6.92 Å². The molecule has 4 heteroatoms. The van der Waals surface area contributed by atoms with Crippen LogP contribution in [-0.2, 0) is 4.74 Å². The van der Waals surface area contributed by atoms with Crippen LogP contribution in [-0.4, -0.2) is 25.6 Å². The summed E-state index contributed by atoms with van der Waals surface area (Å²) in [5, 5.41) is 0. The maximum Gasteiger partial charge on any atom is 0.169 e. The van der Waals surface area contributed by atoms with E-state index in [2.05, 4.69) is 15.9 Å². The lowest BCUT2D eigenvalue weighted by molar-refractivity contribution is -0.0705. The molecule has 0 N–H and O–H groups in total. The number of carbonyl (C=O) groups excluding carboxylic acids is 1. The third-order valence-electron chi connectivity index (χ3n) is 3.96. The molecule has 1 aliphatic carbocycles. The maximum absolute atomic E-state index is 12.5. The summed E-state index contributed by atoms with van der Waals surface area (Å²) in [6.07, 6.45) is 3.49. The first kappa shape index (κ1) is 14.5. The van der Waals surface area contributed by atoms with Gasteiger partial charge in [0.2, 0.25) is 0 Å². The molecule has 1 aromatic carbocycles. The zero-order valence-corrected chi connectivity index (χ0v) is 13.2. The van der Waals surface area contributed by atoms with Gasteiger partial charge in [-0.1, -0.05) is 15.9 Å². The van der Waals surface area contributed by atoms with Gasteiger partial charge >= 0.3 is 0 Å². The predicted molar refractivity (Wildman–Crippen MR) is 78.0 cm³/mol. The number of hydrogen-bond donors (Lipinski definition) is 0. The molecule has 0 heterocycles. The second kappa shape index (κ2) is 5.63. The van der Waals surface area contributed by atoms with E-state index in [9.17, 15) is 4.79 Å². The molecule has 0 unspecified atom stereocenters. The zero-order chi connectivity index (χ0) is 14.0. The molecule has 1 aliphatic rings. The molecule has 2 rings (SSSR count). The molecule has 0 bridgehead atoms. The molecule has 104 valence electrons. The summed E-state index contributed by atoms with van der Waals surface area (Å²) in [6, 6.07) is 3.73. The average molecular weight is 327 g/mol. The predicted octanol–water partition coefficient (Wildman–Crippen LogP) is 3.91. The fourth-order valence-electron chi connectivity index (χ4n) is 2.45. The number of ketones is 1. The summed E-state index contributed by atoms with van der Waals surface area (Å²) < 4.78 is 11.8. The maximum atomic E-state index is 12.5. The second-order valence-corrected chi connectivity index (χ2v) is 6.00. The minimum atomic E-state index is -0.251. The molecular weight excluding hydrogens is 308 g/mol. The Morgan fingerprint density at radius 3 is 2.53 bits per heavy atom. The summed E-state index contributed by atoms with van der Waals surface area (Å²) in [6.45, 7) is 1.98. The number of ether oxygens (including phenoxy) is 2. The third kappa shape index (κ3) is 2.84. The number of benzene rings is 1. The van der Waals surface area contributed by atoms with E-state index in [1.807, 2.05) is 19.1 Å². The molecule has 0 spiro atoms. The lowest BCUT2D eigenvalue weighted by Gasteiger charge is -2.40. The van der Waals surface area contributed by atoms with Gasteiger partial charge in [0.1, 0.15) is 5.75 Å². The quantitative estimate of drug-likeness (QED) is 0.769. The Hall–Kier alpha value is -0.870. The van der Waals surface area contributed by atoms with Crippen molar-refractivity contribution in [3.05, 3.63) is 27.7 Å². The Labute approximate surface area is 122 Å². The van der Waals surface area contributed by atoms with Crippen molar-refractivity contribution >= 4 is 21.7 Å². The lowest BCUT2D eigenvalue weighted by Crippen LogP contribution is -2.41. The topological polar surface area (TPSA) is 35.5 Å². The van der Waals surface area contributed by atoms with Gasteiger partial charge in [-0.2, -0.15) is 0 Å². The van der Waals surface area contributed by atoms with Gasteiger partial charge in [-0.05, 0) is 43.9 Å². The van der Waals surface area contributed by atoms with Gasteiger partial charge in [0.25, 0.3) is 0 Å². The van der Waals surface area contributed by atoms with E-state index in [-0.39, 0.29) is 11.4 Å². The van der Waals surface area contributed by atoms with Gasteiger partial charge < -0.3 is 9.47 Å². The third-order valence-corrected chi connectivity index (χ3v) is 4.82. The van der Waals surface area contributed by atoms with Crippen molar-refractivity contribution in [2.24, 2.45) is 0 Å². The Morgan fingerprint density at radius 2 is 2.05 bits per heavy atom. The van der Waals surface area contributed by atoms with Crippen molar-refractivity contribution in [3.8, 4) is 5.75 Å². The van der Waals surface area contributed by atoms with Gasteiger partial charge in [-0.25, -0.2) is 0 Å². The van der Waals surface area contributed by atoms with Gasteiger partial charge in [0.05, 0.1) is 18.3 Å². The highest BCUT2D eigenvalue weighted by molar-refractivity contribution is 9.10. The number of carbonyl (C=O) groups is 1. The Bertz CT molecular complexity index is 487. The van der Waals surface area contributed by atoms with Crippen LogP contribution in [0.4, 0.5) is 0 Å². The lowest BCUT2D eigenvalue weighted by atomic mass is 9.75. The minimum Gasteiger partial charge on any atom is -0.496 e. The van der Waals surface area contributed by atoms with Crippen molar-refractivity contribution < 1.29 is 14.3 Å². The molecule has 1 aromatic rings. The zero-order valence-electron chi connectivity index (χ0n) is 11.6. The second-order valence-electron chi connectivity index (χ2n) is 5.14. The van der Waals surface area contributed by atoms with Gasteiger partial charge in [0, 0.05) is 18.0 Å². The van der Waals surface area contributed by atoms with Crippen molar-refractivity contribution in [1.82, 2.24) is 0 Å². The van der Waals surface area contributed by atoms with Crippen LogP contribution in [0.2, 0.25) is 0 Å². The van der Waals surface area contributed by atoms with E-state index in [0.717, 1.165) is 29.3 Å². The standard InChI is InChI=1S/C15H19BrO3/c1-10-7-14(18-2)11(8-12(10)16)13(17)9-15(19-3)5-4-6-15/h7-8H,4-6,9H2,1-3H3. The molecule has 1 fully saturated rings. The van der Waals surface area contributed by atoms with E-state index in [0.29, 0.717) is 17.7 Å². The SMILES string of the molecule is COc1cc(C)c(Br)cc1C(=O)CC1(OC)CCC1. The van der Waals surface area contributed by atoms with Crippen LogP contribution in [0.1, 0.15) is 41.6 Å². The average Bonchev–Trinajstić information content (AvgIpc) is 2.36. The fourth-order valence-corrected chi connectivity index (χ4v) is 2.80. The Morgan fingerprint density at radius 1 is 1.37 bits per heavy atom. The molecule has 0 amide bonds. The molecule has 19 heavy (non-hydrogen) atoms. The highest BCUT2D eigenvalue weighted by Gasteiger charge is 2.39. The van der Waals surface area contributed by atoms with Crippen LogP contribution in [0.15, 0.2) is 16.6 Å². The van der Waals surface area contributed by atoms with Crippen molar-refractivity contribution in [2.75, 3.05) is 14.2 Å². The normalized spacial score (nSPS) is 16.8. The van der Waals surface area contributed by atoms with Crippen molar-refractivity contribution in [1.29, 1.82) is 0 Å². The summed E-state index contributed by atoms with van der Waals surface area (Å²) in [4.78, 5) is 12.5. The Balaban J connectivity index is 2.25. The number of hydrogen-bond acceptors (Lipinski definition) is 3. The van der Waals surface area contributed by atoms with Gasteiger partial charge in [0.15, 0.2) is 5.78 Å². The summed E-state index contributed by atoms with van der Waals surface area (Å²) >= 11 is 3.47. The Kier molecular flexibility index (Phi) is 4.31. The first-order valence-corrected chi connectivity index (χ1v) is 7.23. The van der Waals surface area contributed by atoms with Gasteiger partial charge in [-0.3, -0.25) is 4.79 Å². The van der Waals surface area contributed by atoms with Crippen LogP contribution >= 0.6 is 15.9 Å². The number of aryl methyl sites for hydroxylation is 1. The number of halogens is 1. The molecule has 0 saturated heterocycles. The number of rotatable bonds is 5. The first-order chi connectivity index (χ1) is 9.01. The fraction of sp³-hybridized carbons (Fsp3) is 0.533. The van der Waals surface area contributed by atoms with Crippen LogP contribution in [0.3, 0.4) is 0 Å². The van der Waals surface area contributed by atoms with Crippen molar-refractivity contribution in [3.63, 3.8) is 0 Å². The van der Waals surface area contributed by atoms with E-state index in [1.165, 1.54) is 0 Å². The molecule has 0 aromatic heterocycles. The van der Waals surface area contributed by atoms with Crippen LogP contribution in [0.5, 0.6) is 5.75 Å². The monoisotopic (exact) mass is 326 g/mol. The summed E-state index contributed by atoms with van der Waals surface area (Å²) in [5.41, 5.74) is 1.43. The molecule has 1 saturated carbocycles. The molecule has 0 aliphatic heterocycles. The molecule has 0 radical (unpaired) electrons. The number of methoxy groups -OCH3 is 2. The largest absolute Gasteiger partial charge is 0.496 e. The molecule has 3 nitrogen and oxygen atoms in total. The number of Topliss-reactive ketones (excluding diaryl/α,β-unsaturated/α-hetero) is 1. The van der Waals surface area contributed by atoms with Crippen molar-refractivity contribution in [2.45, 2.75) is 38.2 Å². The molecule has 0 atom stereocenters. The van der Waals surface area contributed by atoms with Gasteiger partial charge in [-0.15, -0.1) is 0 Å². The highest BCUT2D eigenvalue weighted by Crippen LogP contribution is 2.40. The first-order valence-electron chi connectivity index (χ1n) is 6.44. The molecular formula is C15H19BrO3. The summed E-state index contributed by atoms with van der Waals surface area (Å²) in [7, 11) is 3.28.